The van der Waals surface area contributed by atoms with Gasteiger partial charge in [0.1, 0.15) is 11.3 Å². The van der Waals surface area contributed by atoms with E-state index in [4.69, 9.17) is 4.42 Å². The van der Waals surface area contributed by atoms with E-state index in [2.05, 4.69) is 10.3 Å². The minimum Gasteiger partial charge on any atom is -0.478 e. The first kappa shape index (κ1) is 21.4. The van der Waals surface area contributed by atoms with Gasteiger partial charge in [-0.15, -0.1) is 12.4 Å². The molecule has 0 radical (unpaired) electrons. The summed E-state index contributed by atoms with van der Waals surface area (Å²) in [6.07, 6.45) is 0. The molecule has 0 saturated carbocycles. The van der Waals surface area contributed by atoms with Crippen molar-refractivity contribution in [3.05, 3.63) is 71.6 Å². The Morgan fingerprint density at radius 3 is 2.57 bits per heavy atom. The molecule has 30 heavy (non-hydrogen) atoms. The van der Waals surface area contributed by atoms with Crippen molar-refractivity contribution in [3.8, 4) is 22.5 Å². The van der Waals surface area contributed by atoms with Crippen LogP contribution in [0.1, 0.15) is 24.2 Å². The average Bonchev–Trinajstić information content (AvgIpc) is 2.72. The highest BCUT2D eigenvalue weighted by Crippen LogP contribution is 2.41. The van der Waals surface area contributed by atoms with Crippen LogP contribution in [0.5, 0.6) is 0 Å². The number of rotatable bonds is 5. The standard InChI is InChI=1S/C24H22N2O3.ClH/c1-3-25-15-9-11-19-21(13-15)29-22-14-16(26-4-2)10-12-20(22)23(19)17-7-5-6-8-18(17)24(27)28;/h5-14,25H,3-4H2,1-2H3,(H,27,28);1H. The van der Waals surface area contributed by atoms with Crippen LogP contribution in [0.2, 0.25) is 0 Å². The molecule has 2 aromatic rings. The summed E-state index contributed by atoms with van der Waals surface area (Å²) in [5.41, 5.74) is 4.29. The maximum Gasteiger partial charge on any atom is 0.336 e. The molecule has 0 spiro atoms. The van der Waals surface area contributed by atoms with Crippen LogP contribution in [0.4, 0.5) is 5.69 Å². The van der Waals surface area contributed by atoms with Gasteiger partial charge >= 0.3 is 5.97 Å². The van der Waals surface area contributed by atoms with Gasteiger partial charge in [-0.25, -0.2) is 4.79 Å². The normalized spacial score (nSPS) is 11.5. The smallest absolute Gasteiger partial charge is 0.336 e. The van der Waals surface area contributed by atoms with Crippen LogP contribution >= 0.6 is 12.4 Å². The highest BCUT2D eigenvalue weighted by Gasteiger charge is 2.21. The third-order valence-corrected chi connectivity index (χ3v) is 4.85. The zero-order valence-corrected chi connectivity index (χ0v) is 17.6. The second-order valence-corrected chi connectivity index (χ2v) is 6.72. The van der Waals surface area contributed by atoms with E-state index in [1.165, 1.54) is 0 Å². The number of nitrogens with one attached hydrogen (secondary N) is 1. The topological polar surface area (TPSA) is 74.8 Å². The number of hydrogen-bond donors (Lipinski definition) is 2. The Bertz CT molecular complexity index is 1250. The summed E-state index contributed by atoms with van der Waals surface area (Å²) in [5, 5.41) is 14.8. The number of carboxylic acids is 1. The molecule has 1 aliphatic heterocycles. The van der Waals surface area contributed by atoms with Crippen LogP contribution in [0.3, 0.4) is 0 Å². The molecular weight excluding hydrogens is 400 g/mol. The number of carboxylic acid groups (broad SMARTS) is 1. The molecule has 0 atom stereocenters. The second-order valence-electron chi connectivity index (χ2n) is 6.72. The Labute approximate surface area is 180 Å². The molecule has 154 valence electrons. The third kappa shape index (κ3) is 3.89. The number of anilines is 1. The molecule has 5 nitrogen and oxygen atoms in total. The highest BCUT2D eigenvalue weighted by atomic mass is 35.5. The number of benzene rings is 3. The molecule has 0 unspecified atom stereocenters. The molecule has 0 saturated heterocycles. The molecule has 1 aliphatic carbocycles. The van der Waals surface area contributed by atoms with Crippen LogP contribution < -0.4 is 10.7 Å². The highest BCUT2D eigenvalue weighted by molar-refractivity contribution is 6.07. The van der Waals surface area contributed by atoms with E-state index in [-0.39, 0.29) is 18.0 Å². The van der Waals surface area contributed by atoms with Crippen LogP contribution in [-0.4, -0.2) is 24.2 Å². The minimum absolute atomic E-state index is 0. The predicted molar refractivity (Wildman–Crippen MR) is 123 cm³/mol. The van der Waals surface area contributed by atoms with Gasteiger partial charge < -0.3 is 14.8 Å². The summed E-state index contributed by atoms with van der Waals surface area (Å²) in [6, 6.07) is 18.8. The SMILES string of the molecule is CCN=c1ccc2c(-c3ccccc3C(=O)O)c3ccc(NCC)cc3oc-2c1.Cl. The van der Waals surface area contributed by atoms with Crippen molar-refractivity contribution in [2.45, 2.75) is 13.8 Å². The van der Waals surface area contributed by atoms with E-state index in [0.29, 0.717) is 23.5 Å². The van der Waals surface area contributed by atoms with Crippen molar-refractivity contribution in [1.82, 2.24) is 0 Å². The molecule has 0 fully saturated rings. The van der Waals surface area contributed by atoms with Gasteiger partial charge in [-0.05, 0) is 49.7 Å². The first-order valence-corrected chi connectivity index (χ1v) is 9.70. The zero-order valence-electron chi connectivity index (χ0n) is 16.8. The largest absolute Gasteiger partial charge is 0.478 e. The summed E-state index contributed by atoms with van der Waals surface area (Å²) >= 11 is 0. The van der Waals surface area contributed by atoms with Crippen molar-refractivity contribution in [2.24, 2.45) is 4.99 Å². The fourth-order valence-electron chi connectivity index (χ4n) is 3.65. The Morgan fingerprint density at radius 2 is 1.83 bits per heavy atom. The molecule has 1 heterocycles. The lowest BCUT2D eigenvalue weighted by molar-refractivity contribution is 0.0697. The molecule has 6 heteroatoms. The van der Waals surface area contributed by atoms with Gasteiger partial charge in [0.25, 0.3) is 0 Å². The predicted octanol–water partition coefficient (Wildman–Crippen LogP) is 5.68. The lowest BCUT2D eigenvalue weighted by Crippen LogP contribution is -2.05. The summed E-state index contributed by atoms with van der Waals surface area (Å²) in [5.74, 6) is -0.277. The van der Waals surface area contributed by atoms with Crippen LogP contribution in [0.15, 0.2) is 70.1 Å². The molecule has 0 bridgehead atoms. The van der Waals surface area contributed by atoms with Gasteiger partial charge in [0, 0.05) is 47.4 Å². The van der Waals surface area contributed by atoms with Gasteiger partial charge in [-0.3, -0.25) is 4.99 Å². The molecule has 2 aromatic carbocycles. The summed E-state index contributed by atoms with van der Waals surface area (Å²) < 4.78 is 6.24. The number of carbonyl (C=O) groups is 1. The maximum atomic E-state index is 11.9. The quantitative estimate of drug-likeness (QED) is 0.406. The van der Waals surface area contributed by atoms with Crippen LogP contribution in [0.25, 0.3) is 33.4 Å². The third-order valence-electron chi connectivity index (χ3n) is 4.85. The Balaban J connectivity index is 0.00000256. The van der Waals surface area contributed by atoms with E-state index in [9.17, 15) is 9.90 Å². The Hall–Kier alpha value is -3.31. The summed E-state index contributed by atoms with van der Waals surface area (Å²) in [4.78, 5) is 16.4. The number of halogens is 1. The van der Waals surface area contributed by atoms with Crippen molar-refractivity contribution in [2.75, 3.05) is 18.4 Å². The van der Waals surface area contributed by atoms with E-state index < -0.39 is 5.97 Å². The van der Waals surface area contributed by atoms with E-state index >= 15 is 0 Å². The van der Waals surface area contributed by atoms with Crippen LogP contribution in [-0.2, 0) is 0 Å². The van der Waals surface area contributed by atoms with Crippen molar-refractivity contribution in [3.63, 3.8) is 0 Å². The average molecular weight is 423 g/mol. The van der Waals surface area contributed by atoms with Gasteiger partial charge in [0.2, 0.25) is 0 Å². The van der Waals surface area contributed by atoms with E-state index in [1.807, 2.05) is 62.4 Å². The molecule has 2 N–H and O–H groups in total. The fraction of sp³-hybridized carbons (Fsp3) is 0.167. The van der Waals surface area contributed by atoms with Gasteiger partial charge in [-0.1, -0.05) is 18.2 Å². The first-order chi connectivity index (χ1) is 14.1. The number of nitrogens with zero attached hydrogens (tertiary/aromatic N) is 1. The van der Waals surface area contributed by atoms with Gasteiger partial charge in [0.05, 0.1) is 10.9 Å². The Kier molecular flexibility index (Phi) is 6.43. The Morgan fingerprint density at radius 1 is 1.03 bits per heavy atom. The lowest BCUT2D eigenvalue weighted by atomic mass is 9.90. The zero-order chi connectivity index (χ0) is 20.4. The van der Waals surface area contributed by atoms with Gasteiger partial charge in [0.15, 0.2) is 0 Å². The van der Waals surface area contributed by atoms with Gasteiger partial charge in [-0.2, -0.15) is 0 Å². The number of aromatic carboxylic acids is 1. The second kappa shape index (κ2) is 9.01. The lowest BCUT2D eigenvalue weighted by Gasteiger charge is -2.17. The molecule has 0 amide bonds. The summed E-state index contributed by atoms with van der Waals surface area (Å²) in [6.45, 7) is 5.50. The molecule has 4 rings (SSSR count). The minimum atomic E-state index is -0.954. The number of hydrogen-bond acceptors (Lipinski definition) is 4. The van der Waals surface area contributed by atoms with Crippen molar-refractivity contribution in [1.29, 1.82) is 0 Å². The molecule has 2 aliphatic rings. The maximum absolute atomic E-state index is 11.9. The van der Waals surface area contributed by atoms with Crippen LogP contribution in [0, 0.1) is 0 Å². The molecular formula is C24H23ClN2O3. The fourth-order valence-corrected chi connectivity index (χ4v) is 3.65. The monoisotopic (exact) mass is 422 g/mol. The van der Waals surface area contributed by atoms with Crippen molar-refractivity contribution >= 4 is 35.0 Å². The summed E-state index contributed by atoms with van der Waals surface area (Å²) in [7, 11) is 0. The first-order valence-electron chi connectivity index (χ1n) is 9.70. The van der Waals surface area contributed by atoms with E-state index in [1.54, 1.807) is 12.1 Å². The van der Waals surface area contributed by atoms with Crippen molar-refractivity contribution < 1.29 is 14.3 Å². The molecule has 0 aromatic heterocycles. The number of fused-ring (bicyclic) bond motifs is 2. The van der Waals surface area contributed by atoms with E-state index in [0.717, 1.165) is 34.1 Å².